The van der Waals surface area contributed by atoms with Gasteiger partial charge in [0.25, 0.3) is 0 Å². The van der Waals surface area contributed by atoms with Gasteiger partial charge in [-0.3, -0.25) is 19.2 Å². The van der Waals surface area contributed by atoms with E-state index in [1.807, 2.05) is 6.92 Å². The fourth-order valence-corrected chi connectivity index (χ4v) is 3.84. The summed E-state index contributed by atoms with van der Waals surface area (Å²) in [6, 6.07) is 1.52. The van der Waals surface area contributed by atoms with Gasteiger partial charge < -0.3 is 42.6 Å². The van der Waals surface area contributed by atoms with E-state index in [0.717, 1.165) is 0 Å². The second-order valence-corrected chi connectivity index (χ2v) is 9.60. The zero-order chi connectivity index (χ0) is 29.8. The van der Waals surface area contributed by atoms with Gasteiger partial charge in [-0.15, -0.1) is 0 Å². The molecule has 0 fully saturated rings. The van der Waals surface area contributed by atoms with Gasteiger partial charge in [0.05, 0.1) is 12.4 Å². The van der Waals surface area contributed by atoms with Gasteiger partial charge in [0.1, 0.15) is 23.9 Å². The van der Waals surface area contributed by atoms with Gasteiger partial charge in [-0.25, -0.2) is 9.78 Å². The smallest absolute Gasteiger partial charge is 0.326 e. The number of rotatable bonds is 16. The number of carbonyl (C=O) groups is 5. The summed E-state index contributed by atoms with van der Waals surface area (Å²) in [6.45, 7) is 3.59. The highest BCUT2D eigenvalue weighted by molar-refractivity contribution is 5.94. The summed E-state index contributed by atoms with van der Waals surface area (Å²) < 4.78 is 0. The molecular weight excluding hydrogens is 522 g/mol. The Kier molecular flexibility index (Phi) is 12.1. The zero-order valence-electron chi connectivity index (χ0n) is 22.4. The summed E-state index contributed by atoms with van der Waals surface area (Å²) in [6.07, 6.45) is 2.96. The molecule has 1 heterocycles. The topological polar surface area (TPSA) is 243 Å². The molecule has 218 valence electrons. The lowest BCUT2D eigenvalue weighted by atomic mass is 9.96. The molecule has 2 rings (SSSR count). The van der Waals surface area contributed by atoms with Crippen molar-refractivity contribution in [3.05, 3.63) is 48.0 Å². The normalized spacial score (nSPS) is 14.7. The van der Waals surface area contributed by atoms with Gasteiger partial charge in [-0.2, -0.15) is 0 Å². The molecule has 0 radical (unpaired) electrons. The number of aromatic nitrogens is 2. The van der Waals surface area contributed by atoms with Gasteiger partial charge in [-0.05, 0) is 36.5 Å². The molecule has 0 saturated heterocycles. The third kappa shape index (κ3) is 10.0. The maximum absolute atomic E-state index is 13.4. The lowest BCUT2D eigenvalue weighted by molar-refractivity contribution is -0.142. The number of nitrogens with one attached hydrogen (secondary N) is 4. The molecule has 14 nitrogen and oxygen atoms in total. The number of aromatic amines is 1. The molecule has 5 unspecified atom stereocenters. The SMILES string of the molecule is CCC(C)C(NC(=O)C(N)Cc1ccc(O)cc1)C(=O)NC(Cc1cnc[nH]1)C(=O)NC(CCC(N)=O)C(=O)O. The highest BCUT2D eigenvalue weighted by Crippen LogP contribution is 2.13. The van der Waals surface area contributed by atoms with Gasteiger partial charge in [-0.1, -0.05) is 32.4 Å². The van der Waals surface area contributed by atoms with Crippen molar-refractivity contribution >= 4 is 29.6 Å². The molecule has 14 heteroatoms. The van der Waals surface area contributed by atoms with Crippen molar-refractivity contribution in [2.24, 2.45) is 17.4 Å². The molecule has 1 aromatic carbocycles. The number of aromatic hydroxyl groups is 1. The number of hydrogen-bond acceptors (Lipinski definition) is 8. The third-order valence-corrected chi connectivity index (χ3v) is 6.43. The van der Waals surface area contributed by atoms with Crippen LogP contribution in [0, 0.1) is 5.92 Å². The Hall–Kier alpha value is -4.46. The second-order valence-electron chi connectivity index (χ2n) is 9.60. The van der Waals surface area contributed by atoms with Crippen LogP contribution in [0.1, 0.15) is 44.4 Å². The molecule has 2 aromatic rings. The van der Waals surface area contributed by atoms with E-state index in [9.17, 15) is 34.2 Å². The van der Waals surface area contributed by atoms with E-state index < -0.39 is 53.8 Å². The number of nitrogens with zero attached hydrogens (tertiary/aromatic N) is 1. The van der Waals surface area contributed by atoms with E-state index in [1.54, 1.807) is 19.1 Å². The van der Waals surface area contributed by atoms with Crippen LogP contribution in [0.25, 0.3) is 0 Å². The second kappa shape index (κ2) is 15.2. The number of nitrogens with two attached hydrogens (primary N) is 2. The Balaban J connectivity index is 2.18. The molecule has 10 N–H and O–H groups in total. The number of H-pyrrole nitrogens is 1. The van der Waals surface area contributed by atoms with Gasteiger partial charge in [0.2, 0.25) is 23.6 Å². The molecule has 0 aliphatic carbocycles. The number of primary amides is 1. The monoisotopic (exact) mass is 559 g/mol. The number of amides is 4. The highest BCUT2D eigenvalue weighted by atomic mass is 16.4. The third-order valence-electron chi connectivity index (χ3n) is 6.43. The number of carbonyl (C=O) groups excluding carboxylic acids is 4. The number of phenols is 1. The molecule has 40 heavy (non-hydrogen) atoms. The van der Waals surface area contributed by atoms with Crippen LogP contribution < -0.4 is 27.4 Å². The zero-order valence-corrected chi connectivity index (χ0v) is 22.4. The summed E-state index contributed by atoms with van der Waals surface area (Å²) in [5.74, 6) is -4.41. The summed E-state index contributed by atoms with van der Waals surface area (Å²) in [7, 11) is 0. The van der Waals surface area contributed by atoms with Gasteiger partial charge in [0.15, 0.2) is 0 Å². The summed E-state index contributed by atoms with van der Waals surface area (Å²) in [5, 5.41) is 26.5. The largest absolute Gasteiger partial charge is 0.508 e. The summed E-state index contributed by atoms with van der Waals surface area (Å²) >= 11 is 0. The molecule has 0 aliphatic rings. The lowest BCUT2D eigenvalue weighted by Crippen LogP contribution is -2.59. The van der Waals surface area contributed by atoms with Crippen molar-refractivity contribution in [2.45, 2.75) is 70.1 Å². The average Bonchev–Trinajstić information content (AvgIpc) is 3.42. The first-order valence-electron chi connectivity index (χ1n) is 12.8. The van der Waals surface area contributed by atoms with E-state index in [1.165, 1.54) is 24.7 Å². The fourth-order valence-electron chi connectivity index (χ4n) is 3.84. The molecule has 0 saturated carbocycles. The highest BCUT2D eigenvalue weighted by Gasteiger charge is 2.33. The average molecular weight is 560 g/mol. The minimum atomic E-state index is -1.41. The van der Waals surface area contributed by atoms with Gasteiger partial charge in [0, 0.05) is 24.7 Å². The van der Waals surface area contributed by atoms with Crippen LogP contribution in [0.5, 0.6) is 5.75 Å². The van der Waals surface area contributed by atoms with Crippen LogP contribution in [-0.2, 0) is 36.8 Å². The maximum Gasteiger partial charge on any atom is 0.326 e. The molecular formula is C26H37N7O7. The molecule has 0 aliphatic heterocycles. The molecule has 0 bridgehead atoms. The van der Waals surface area contributed by atoms with Crippen LogP contribution in [0.4, 0.5) is 0 Å². The van der Waals surface area contributed by atoms with Crippen LogP contribution in [0.3, 0.4) is 0 Å². The molecule has 5 atom stereocenters. The van der Waals surface area contributed by atoms with Crippen LogP contribution in [0.2, 0.25) is 0 Å². The van der Waals surface area contributed by atoms with Crippen molar-refractivity contribution in [1.82, 2.24) is 25.9 Å². The Bertz CT molecular complexity index is 1150. The minimum Gasteiger partial charge on any atom is -0.508 e. The Morgan fingerprint density at radius 3 is 2.17 bits per heavy atom. The molecule has 4 amide bonds. The van der Waals surface area contributed by atoms with Crippen molar-refractivity contribution < 1.29 is 34.2 Å². The number of phenolic OH excluding ortho intramolecular Hbond substituents is 1. The van der Waals surface area contributed by atoms with E-state index in [-0.39, 0.29) is 37.4 Å². The number of carboxylic acids is 1. The molecule has 1 aromatic heterocycles. The predicted molar refractivity (Wildman–Crippen MR) is 143 cm³/mol. The van der Waals surface area contributed by atoms with E-state index in [4.69, 9.17) is 11.5 Å². The van der Waals surface area contributed by atoms with E-state index in [0.29, 0.717) is 17.7 Å². The fraction of sp³-hybridized carbons (Fsp3) is 0.462. The quantitative estimate of drug-likeness (QED) is 0.127. The van der Waals surface area contributed by atoms with Crippen LogP contribution in [-0.4, -0.2) is 73.9 Å². The van der Waals surface area contributed by atoms with Crippen molar-refractivity contribution in [3.63, 3.8) is 0 Å². The first-order chi connectivity index (χ1) is 18.9. The number of carboxylic acid groups (broad SMARTS) is 1. The summed E-state index contributed by atoms with van der Waals surface area (Å²) in [4.78, 5) is 68.9. The Morgan fingerprint density at radius 2 is 1.62 bits per heavy atom. The lowest BCUT2D eigenvalue weighted by Gasteiger charge is -2.28. The molecule has 0 spiro atoms. The van der Waals surface area contributed by atoms with E-state index >= 15 is 0 Å². The first-order valence-corrected chi connectivity index (χ1v) is 12.8. The van der Waals surface area contributed by atoms with Crippen LogP contribution >= 0.6 is 0 Å². The Labute approximate surface area is 231 Å². The predicted octanol–water partition coefficient (Wildman–Crippen LogP) is -0.922. The van der Waals surface area contributed by atoms with Crippen molar-refractivity contribution in [3.8, 4) is 5.75 Å². The van der Waals surface area contributed by atoms with Crippen molar-refractivity contribution in [2.75, 3.05) is 0 Å². The first kappa shape index (κ1) is 31.8. The minimum absolute atomic E-state index is 0.0543. The number of aliphatic carboxylic acids is 1. The van der Waals surface area contributed by atoms with Crippen LogP contribution in [0.15, 0.2) is 36.8 Å². The number of hydrogen-bond donors (Lipinski definition) is 8. The summed E-state index contributed by atoms with van der Waals surface area (Å²) in [5.41, 5.74) is 12.4. The van der Waals surface area contributed by atoms with Gasteiger partial charge >= 0.3 is 5.97 Å². The maximum atomic E-state index is 13.4. The number of imidazole rings is 1. The standard InChI is InChI=1S/C26H37N7O7/c1-3-14(2)22(33-23(36)18(27)10-15-4-6-17(34)7-5-15)25(38)32-20(11-16-12-29-13-30-16)24(37)31-19(26(39)40)8-9-21(28)35/h4-7,12-14,18-20,22,34H,3,8-11,27H2,1-2H3,(H2,28,35)(H,29,30)(H,31,37)(H,32,38)(H,33,36)(H,39,40). The van der Waals surface area contributed by atoms with E-state index in [2.05, 4.69) is 25.9 Å². The van der Waals surface area contributed by atoms with Crippen molar-refractivity contribution in [1.29, 1.82) is 0 Å². The number of benzene rings is 1. The Morgan fingerprint density at radius 1 is 0.975 bits per heavy atom.